The van der Waals surface area contributed by atoms with Crippen LogP contribution in [-0.4, -0.2) is 23.7 Å². The van der Waals surface area contributed by atoms with Gasteiger partial charge in [-0.3, -0.25) is 4.79 Å². The summed E-state index contributed by atoms with van der Waals surface area (Å²) in [6, 6.07) is 6.68. The first-order valence-electron chi connectivity index (χ1n) is 4.31. The molecule has 1 aromatic carbocycles. The first-order chi connectivity index (χ1) is 6.65. The van der Waals surface area contributed by atoms with E-state index < -0.39 is 5.91 Å². The van der Waals surface area contributed by atoms with E-state index in [0.29, 0.717) is 11.3 Å². The molecule has 1 aromatic rings. The molecule has 0 saturated heterocycles. The molecule has 3 N–H and O–H groups in total. The summed E-state index contributed by atoms with van der Waals surface area (Å²) in [5.41, 5.74) is 5.48. The van der Waals surface area contributed by atoms with Gasteiger partial charge in [-0.15, -0.1) is 0 Å². The maximum atomic E-state index is 11.0. The van der Waals surface area contributed by atoms with E-state index in [1.807, 2.05) is 0 Å². The van der Waals surface area contributed by atoms with E-state index in [1.165, 1.54) is 0 Å². The third-order valence-electron chi connectivity index (χ3n) is 1.74. The van der Waals surface area contributed by atoms with E-state index in [-0.39, 0.29) is 12.7 Å². The Labute approximate surface area is 82.3 Å². The molecule has 4 nitrogen and oxygen atoms in total. The number of para-hydroxylation sites is 1. The molecule has 0 heterocycles. The Kier molecular flexibility index (Phi) is 3.48. The smallest absolute Gasteiger partial charge is 0.252 e. The van der Waals surface area contributed by atoms with Crippen LogP contribution in [0.25, 0.3) is 0 Å². The number of carbonyl (C=O) groups excluding carboxylic acids is 1. The molecule has 14 heavy (non-hydrogen) atoms. The van der Waals surface area contributed by atoms with Gasteiger partial charge in [0.25, 0.3) is 5.91 Å². The standard InChI is InChI=1S/C10H13NO3/c1-7(6-12)14-9-5-3-2-4-8(9)10(11)13/h2-5,7,12H,6H2,1H3,(H2,11,13). The summed E-state index contributed by atoms with van der Waals surface area (Å²) >= 11 is 0. The Balaban J connectivity index is 2.90. The molecule has 1 unspecified atom stereocenters. The number of benzene rings is 1. The highest BCUT2D eigenvalue weighted by Crippen LogP contribution is 2.18. The molecule has 0 radical (unpaired) electrons. The van der Waals surface area contributed by atoms with Crippen LogP contribution in [0.4, 0.5) is 0 Å². The predicted octanol–water partition coefficient (Wildman–Crippen LogP) is 0.545. The topological polar surface area (TPSA) is 72.6 Å². The molecule has 0 aromatic heterocycles. The summed E-state index contributed by atoms with van der Waals surface area (Å²) in [4.78, 5) is 11.0. The molecule has 0 aliphatic carbocycles. The second-order valence-corrected chi connectivity index (χ2v) is 2.97. The molecule has 0 bridgehead atoms. The fourth-order valence-corrected chi connectivity index (χ4v) is 1.03. The Morgan fingerprint density at radius 3 is 2.79 bits per heavy atom. The normalized spacial score (nSPS) is 12.1. The van der Waals surface area contributed by atoms with Crippen LogP contribution in [0.3, 0.4) is 0 Å². The fraction of sp³-hybridized carbons (Fsp3) is 0.300. The molecule has 0 fully saturated rings. The zero-order chi connectivity index (χ0) is 10.6. The van der Waals surface area contributed by atoms with Crippen LogP contribution in [0.5, 0.6) is 5.75 Å². The zero-order valence-corrected chi connectivity index (χ0v) is 7.93. The van der Waals surface area contributed by atoms with E-state index >= 15 is 0 Å². The first kappa shape index (κ1) is 10.5. The number of ether oxygens (including phenoxy) is 1. The van der Waals surface area contributed by atoms with Crippen LogP contribution < -0.4 is 10.5 Å². The Morgan fingerprint density at radius 2 is 2.21 bits per heavy atom. The number of nitrogens with two attached hydrogens (primary N) is 1. The van der Waals surface area contributed by atoms with Gasteiger partial charge >= 0.3 is 0 Å². The van der Waals surface area contributed by atoms with Gasteiger partial charge in [0.1, 0.15) is 11.9 Å². The van der Waals surface area contributed by atoms with Crippen LogP contribution in [-0.2, 0) is 0 Å². The number of rotatable bonds is 4. The van der Waals surface area contributed by atoms with Crippen LogP contribution in [0.1, 0.15) is 17.3 Å². The molecule has 0 aliphatic heterocycles. The number of aliphatic hydroxyl groups excluding tert-OH is 1. The third kappa shape index (κ3) is 2.47. The maximum Gasteiger partial charge on any atom is 0.252 e. The monoisotopic (exact) mass is 195 g/mol. The highest BCUT2D eigenvalue weighted by atomic mass is 16.5. The summed E-state index contributed by atoms with van der Waals surface area (Å²) < 4.78 is 5.31. The minimum absolute atomic E-state index is 0.104. The molecule has 4 heteroatoms. The van der Waals surface area contributed by atoms with Gasteiger partial charge in [-0.05, 0) is 19.1 Å². The largest absolute Gasteiger partial charge is 0.487 e. The van der Waals surface area contributed by atoms with Crippen LogP contribution >= 0.6 is 0 Å². The number of carbonyl (C=O) groups is 1. The Hall–Kier alpha value is -1.55. The van der Waals surface area contributed by atoms with Gasteiger partial charge < -0.3 is 15.6 Å². The van der Waals surface area contributed by atoms with Crippen molar-refractivity contribution in [2.75, 3.05) is 6.61 Å². The second kappa shape index (κ2) is 4.62. The lowest BCUT2D eigenvalue weighted by molar-refractivity contribution is 0.0982. The summed E-state index contributed by atoms with van der Waals surface area (Å²) in [5.74, 6) is -0.132. The van der Waals surface area contributed by atoms with Gasteiger partial charge in [-0.25, -0.2) is 0 Å². The van der Waals surface area contributed by atoms with E-state index in [2.05, 4.69) is 0 Å². The Morgan fingerprint density at radius 1 is 1.57 bits per heavy atom. The van der Waals surface area contributed by atoms with Crippen molar-refractivity contribution in [1.82, 2.24) is 0 Å². The number of amides is 1. The molecular weight excluding hydrogens is 182 g/mol. The minimum Gasteiger partial charge on any atom is -0.487 e. The van der Waals surface area contributed by atoms with Gasteiger partial charge in [0, 0.05) is 0 Å². The van der Waals surface area contributed by atoms with E-state index in [4.69, 9.17) is 15.6 Å². The van der Waals surface area contributed by atoms with Crippen molar-refractivity contribution < 1.29 is 14.6 Å². The summed E-state index contributed by atoms with van der Waals surface area (Å²) in [7, 11) is 0. The Bertz CT molecular complexity index is 325. The number of hydrogen-bond acceptors (Lipinski definition) is 3. The molecule has 0 spiro atoms. The van der Waals surface area contributed by atoms with Gasteiger partial charge in [0.15, 0.2) is 0 Å². The summed E-state index contributed by atoms with van der Waals surface area (Å²) in [5, 5.41) is 8.78. The highest BCUT2D eigenvalue weighted by Gasteiger charge is 2.10. The number of hydrogen-bond donors (Lipinski definition) is 2. The highest BCUT2D eigenvalue weighted by molar-refractivity contribution is 5.95. The van der Waals surface area contributed by atoms with Crippen molar-refractivity contribution in [3.63, 3.8) is 0 Å². The lowest BCUT2D eigenvalue weighted by Gasteiger charge is -2.13. The average Bonchev–Trinajstić information content (AvgIpc) is 2.18. The van der Waals surface area contributed by atoms with Crippen molar-refractivity contribution in [3.8, 4) is 5.75 Å². The zero-order valence-electron chi connectivity index (χ0n) is 7.93. The molecule has 0 aliphatic rings. The molecule has 1 atom stereocenters. The van der Waals surface area contributed by atoms with E-state index in [0.717, 1.165) is 0 Å². The summed E-state index contributed by atoms with van der Waals surface area (Å²) in [6.07, 6.45) is -0.351. The summed E-state index contributed by atoms with van der Waals surface area (Å²) in [6.45, 7) is 1.60. The first-order valence-corrected chi connectivity index (χ1v) is 4.31. The van der Waals surface area contributed by atoms with Crippen molar-refractivity contribution in [3.05, 3.63) is 29.8 Å². The molecule has 0 saturated carbocycles. The maximum absolute atomic E-state index is 11.0. The van der Waals surface area contributed by atoms with Crippen LogP contribution in [0, 0.1) is 0 Å². The minimum atomic E-state index is -0.536. The number of aliphatic hydroxyl groups is 1. The van der Waals surface area contributed by atoms with Gasteiger partial charge in [0.2, 0.25) is 0 Å². The fourth-order valence-electron chi connectivity index (χ4n) is 1.03. The molecule has 1 amide bonds. The van der Waals surface area contributed by atoms with E-state index in [9.17, 15) is 4.79 Å². The van der Waals surface area contributed by atoms with Crippen molar-refractivity contribution in [2.45, 2.75) is 13.0 Å². The van der Waals surface area contributed by atoms with Crippen LogP contribution in [0.2, 0.25) is 0 Å². The van der Waals surface area contributed by atoms with Crippen LogP contribution in [0.15, 0.2) is 24.3 Å². The molecule has 76 valence electrons. The molecular formula is C10H13NO3. The second-order valence-electron chi connectivity index (χ2n) is 2.97. The third-order valence-corrected chi connectivity index (χ3v) is 1.74. The quantitative estimate of drug-likeness (QED) is 0.736. The van der Waals surface area contributed by atoms with Crippen molar-refractivity contribution in [1.29, 1.82) is 0 Å². The lowest BCUT2D eigenvalue weighted by atomic mass is 10.2. The lowest BCUT2D eigenvalue weighted by Crippen LogP contribution is -2.19. The average molecular weight is 195 g/mol. The number of primary amides is 1. The molecule has 1 rings (SSSR count). The predicted molar refractivity (Wildman–Crippen MR) is 52.1 cm³/mol. The van der Waals surface area contributed by atoms with Gasteiger partial charge in [-0.2, -0.15) is 0 Å². The van der Waals surface area contributed by atoms with Gasteiger partial charge in [0.05, 0.1) is 12.2 Å². The van der Waals surface area contributed by atoms with Crippen molar-refractivity contribution >= 4 is 5.91 Å². The van der Waals surface area contributed by atoms with Crippen molar-refractivity contribution in [2.24, 2.45) is 5.73 Å². The SMILES string of the molecule is CC(CO)Oc1ccccc1C(N)=O. The van der Waals surface area contributed by atoms with E-state index in [1.54, 1.807) is 31.2 Å². The van der Waals surface area contributed by atoms with Gasteiger partial charge in [-0.1, -0.05) is 12.1 Å².